The fourth-order valence-electron chi connectivity index (χ4n) is 3.03. The SMILES string of the molecule is CCOC(=O)c1cnn(-c2nc(OC)c3c(cnn3[C@@H](C)CC(C)C)n2)c1.S. The number of carbonyl (C=O) groups excluding carboxylic acids is 1. The molecule has 0 unspecified atom stereocenters. The summed E-state index contributed by atoms with van der Waals surface area (Å²) >= 11 is 0. The predicted molar refractivity (Wildman–Crippen MR) is 110 cm³/mol. The van der Waals surface area contributed by atoms with E-state index in [1.54, 1.807) is 20.2 Å². The molecule has 0 amide bonds. The van der Waals surface area contributed by atoms with Gasteiger partial charge in [-0.2, -0.15) is 28.7 Å². The molecule has 152 valence electrons. The van der Waals surface area contributed by atoms with Gasteiger partial charge in [0.1, 0.15) is 11.0 Å². The molecule has 0 aliphatic rings. The van der Waals surface area contributed by atoms with Crippen LogP contribution in [0.5, 0.6) is 5.88 Å². The number of hydrogen-bond acceptors (Lipinski definition) is 7. The topological polar surface area (TPSA) is 97.0 Å². The van der Waals surface area contributed by atoms with Crippen LogP contribution in [0.1, 0.15) is 50.5 Å². The zero-order chi connectivity index (χ0) is 19.6. The summed E-state index contributed by atoms with van der Waals surface area (Å²) in [7, 11) is 1.56. The highest BCUT2D eigenvalue weighted by Crippen LogP contribution is 2.28. The maximum atomic E-state index is 11.8. The van der Waals surface area contributed by atoms with Crippen LogP contribution in [0.15, 0.2) is 18.6 Å². The van der Waals surface area contributed by atoms with Crippen LogP contribution < -0.4 is 4.74 Å². The van der Waals surface area contributed by atoms with E-state index in [2.05, 4.69) is 40.9 Å². The Morgan fingerprint density at radius 2 is 1.93 bits per heavy atom. The van der Waals surface area contributed by atoms with E-state index < -0.39 is 5.97 Å². The quantitative estimate of drug-likeness (QED) is 0.557. The molecule has 28 heavy (non-hydrogen) atoms. The number of rotatable bonds is 7. The molecule has 3 heterocycles. The fourth-order valence-corrected chi connectivity index (χ4v) is 3.03. The van der Waals surface area contributed by atoms with E-state index in [0.29, 0.717) is 35.4 Å². The second kappa shape index (κ2) is 9.05. The molecule has 0 aliphatic carbocycles. The van der Waals surface area contributed by atoms with E-state index in [1.165, 1.54) is 17.1 Å². The Kier molecular flexibility index (Phi) is 7.00. The van der Waals surface area contributed by atoms with Crippen molar-refractivity contribution >= 4 is 30.5 Å². The molecular weight excluding hydrogens is 380 g/mol. The molecule has 3 aromatic rings. The van der Waals surface area contributed by atoms with Crippen molar-refractivity contribution in [3.63, 3.8) is 0 Å². The van der Waals surface area contributed by atoms with Gasteiger partial charge in [-0.25, -0.2) is 14.5 Å². The van der Waals surface area contributed by atoms with Crippen LogP contribution in [0.4, 0.5) is 0 Å². The van der Waals surface area contributed by atoms with Crippen LogP contribution in [0.2, 0.25) is 0 Å². The number of carbonyl (C=O) groups is 1. The monoisotopic (exact) mass is 406 g/mol. The van der Waals surface area contributed by atoms with Gasteiger partial charge in [-0.1, -0.05) is 13.8 Å². The lowest BCUT2D eigenvalue weighted by molar-refractivity contribution is 0.0526. The van der Waals surface area contributed by atoms with Crippen molar-refractivity contribution in [1.82, 2.24) is 29.5 Å². The molecule has 3 aromatic heterocycles. The number of methoxy groups -OCH3 is 1. The zero-order valence-corrected chi connectivity index (χ0v) is 17.7. The molecule has 0 radical (unpaired) electrons. The van der Waals surface area contributed by atoms with Crippen LogP contribution in [0, 0.1) is 5.92 Å². The van der Waals surface area contributed by atoms with Crippen molar-refractivity contribution < 1.29 is 14.3 Å². The molecule has 0 spiro atoms. The van der Waals surface area contributed by atoms with Gasteiger partial charge in [0, 0.05) is 6.20 Å². The Labute approximate surface area is 170 Å². The van der Waals surface area contributed by atoms with Gasteiger partial charge in [0.05, 0.1) is 37.7 Å². The van der Waals surface area contributed by atoms with Gasteiger partial charge in [-0.3, -0.25) is 4.68 Å². The van der Waals surface area contributed by atoms with Crippen LogP contribution in [-0.4, -0.2) is 49.2 Å². The first-order chi connectivity index (χ1) is 12.9. The van der Waals surface area contributed by atoms with Crippen LogP contribution >= 0.6 is 13.5 Å². The molecule has 0 aliphatic heterocycles. The van der Waals surface area contributed by atoms with E-state index in [9.17, 15) is 4.79 Å². The van der Waals surface area contributed by atoms with E-state index in [-0.39, 0.29) is 19.5 Å². The smallest absolute Gasteiger partial charge is 0.341 e. The summed E-state index contributed by atoms with van der Waals surface area (Å²) in [4.78, 5) is 20.8. The molecule has 0 bridgehead atoms. The predicted octanol–water partition coefficient (Wildman–Crippen LogP) is 2.92. The third-order valence-corrected chi connectivity index (χ3v) is 4.12. The standard InChI is InChI=1S/C18H24N6O3.H2S/c1-6-27-17(25)13-8-19-23(10-13)18-21-14-9-20-24(12(4)7-11(2)3)15(14)16(22-18)26-5;/h8-12H,6-7H2,1-5H3;1H2/t12-;/m0./s1. The van der Waals surface area contributed by atoms with Crippen LogP contribution in [0.3, 0.4) is 0 Å². The minimum absolute atomic E-state index is 0. The summed E-state index contributed by atoms with van der Waals surface area (Å²) in [5, 5.41) is 8.64. The summed E-state index contributed by atoms with van der Waals surface area (Å²) in [6.07, 6.45) is 5.62. The molecule has 0 aromatic carbocycles. The van der Waals surface area contributed by atoms with Crippen molar-refractivity contribution in [3.05, 3.63) is 24.2 Å². The second-order valence-electron chi connectivity index (χ2n) is 6.73. The molecule has 10 heteroatoms. The lowest BCUT2D eigenvalue weighted by atomic mass is 10.1. The summed E-state index contributed by atoms with van der Waals surface area (Å²) in [6.45, 7) is 8.51. The van der Waals surface area contributed by atoms with Crippen molar-refractivity contribution in [1.29, 1.82) is 0 Å². The van der Waals surface area contributed by atoms with Gasteiger partial charge in [-0.15, -0.1) is 0 Å². The molecule has 0 saturated heterocycles. The molecule has 3 rings (SSSR count). The maximum Gasteiger partial charge on any atom is 0.341 e. The first kappa shape index (κ1) is 21.7. The number of fused-ring (bicyclic) bond motifs is 1. The molecule has 0 saturated carbocycles. The third-order valence-electron chi connectivity index (χ3n) is 4.12. The van der Waals surface area contributed by atoms with Gasteiger partial charge in [0.25, 0.3) is 5.95 Å². The van der Waals surface area contributed by atoms with E-state index in [4.69, 9.17) is 9.47 Å². The molecule has 9 nitrogen and oxygen atoms in total. The van der Waals surface area contributed by atoms with Crippen LogP contribution in [-0.2, 0) is 4.74 Å². The van der Waals surface area contributed by atoms with Crippen molar-refractivity contribution in [2.45, 2.75) is 40.2 Å². The van der Waals surface area contributed by atoms with Crippen molar-refractivity contribution in [2.24, 2.45) is 5.92 Å². The van der Waals surface area contributed by atoms with Crippen molar-refractivity contribution in [2.75, 3.05) is 13.7 Å². The van der Waals surface area contributed by atoms with Crippen LogP contribution in [0.25, 0.3) is 17.0 Å². The van der Waals surface area contributed by atoms with Gasteiger partial charge >= 0.3 is 5.97 Å². The van der Waals surface area contributed by atoms with E-state index in [0.717, 1.165) is 11.9 Å². The summed E-state index contributed by atoms with van der Waals surface area (Å²) in [5.74, 6) is 0.810. The lowest BCUT2D eigenvalue weighted by Gasteiger charge is -2.16. The van der Waals surface area contributed by atoms with E-state index >= 15 is 0 Å². The fraction of sp³-hybridized carbons (Fsp3) is 0.500. The summed E-state index contributed by atoms with van der Waals surface area (Å²) < 4.78 is 13.8. The van der Waals surface area contributed by atoms with Gasteiger partial charge in [0.15, 0.2) is 0 Å². The number of nitrogens with zero attached hydrogens (tertiary/aromatic N) is 6. The van der Waals surface area contributed by atoms with Gasteiger partial charge in [0.2, 0.25) is 5.88 Å². The average molecular weight is 407 g/mol. The second-order valence-corrected chi connectivity index (χ2v) is 6.73. The number of ether oxygens (including phenoxy) is 2. The summed E-state index contributed by atoms with van der Waals surface area (Å²) in [5.41, 5.74) is 1.73. The lowest BCUT2D eigenvalue weighted by Crippen LogP contribution is -2.11. The molecule has 1 atom stereocenters. The highest BCUT2D eigenvalue weighted by atomic mass is 32.1. The normalized spacial score (nSPS) is 12.1. The Bertz CT molecular complexity index is 952. The third kappa shape index (κ3) is 4.27. The first-order valence-corrected chi connectivity index (χ1v) is 8.96. The summed E-state index contributed by atoms with van der Waals surface area (Å²) in [6, 6.07) is 0.186. The van der Waals surface area contributed by atoms with E-state index in [1.807, 2.05) is 4.68 Å². The Morgan fingerprint density at radius 1 is 1.18 bits per heavy atom. The molecule has 0 N–H and O–H groups in total. The zero-order valence-electron chi connectivity index (χ0n) is 16.7. The number of aromatic nitrogens is 6. The van der Waals surface area contributed by atoms with Gasteiger partial charge < -0.3 is 9.47 Å². The minimum Gasteiger partial charge on any atom is -0.479 e. The molecular formula is C18H26N6O3S. The molecule has 0 fully saturated rings. The van der Waals surface area contributed by atoms with Gasteiger partial charge in [-0.05, 0) is 26.2 Å². The number of esters is 1. The Balaban J connectivity index is 0.00000280. The Hall–Kier alpha value is -2.62. The first-order valence-electron chi connectivity index (χ1n) is 8.96. The van der Waals surface area contributed by atoms with Crippen molar-refractivity contribution in [3.8, 4) is 11.8 Å². The minimum atomic E-state index is -0.438. The maximum absolute atomic E-state index is 11.8. The largest absolute Gasteiger partial charge is 0.479 e. The highest BCUT2D eigenvalue weighted by molar-refractivity contribution is 7.59. The average Bonchev–Trinajstić information content (AvgIpc) is 3.27. The number of hydrogen-bond donors (Lipinski definition) is 0. The Morgan fingerprint density at radius 3 is 2.57 bits per heavy atom. The highest BCUT2D eigenvalue weighted by Gasteiger charge is 2.20.